The van der Waals surface area contributed by atoms with Gasteiger partial charge in [-0.05, 0) is 63.3 Å². The molecule has 1 aromatic heterocycles. The number of aromatic nitrogens is 1. The van der Waals surface area contributed by atoms with Crippen LogP contribution >= 0.6 is 0 Å². The van der Waals surface area contributed by atoms with E-state index >= 15 is 0 Å². The first kappa shape index (κ1) is 17.5. The quantitative estimate of drug-likeness (QED) is 0.772. The Hall–Kier alpha value is -2.31. The van der Waals surface area contributed by atoms with Crippen LogP contribution in [0.5, 0.6) is 5.75 Å². The molecule has 134 valence electrons. The molecule has 3 rings (SSSR count). The smallest absolute Gasteiger partial charge is 0.272 e. The number of likely N-dealkylation sites (N-methyl/N-ethyl adjacent to an activating group) is 1. The van der Waals surface area contributed by atoms with Gasteiger partial charge >= 0.3 is 0 Å². The Bertz CT molecular complexity index is 705. The van der Waals surface area contributed by atoms with Crippen molar-refractivity contribution in [1.82, 2.24) is 9.47 Å². The first-order valence-electron chi connectivity index (χ1n) is 8.57. The van der Waals surface area contributed by atoms with Crippen LogP contribution in [0.15, 0.2) is 42.6 Å². The van der Waals surface area contributed by atoms with Gasteiger partial charge < -0.3 is 24.6 Å². The molecule has 6 nitrogen and oxygen atoms in total. The number of benzene rings is 1. The van der Waals surface area contributed by atoms with Crippen molar-refractivity contribution in [2.45, 2.75) is 25.0 Å². The van der Waals surface area contributed by atoms with Crippen molar-refractivity contribution in [2.24, 2.45) is 0 Å². The van der Waals surface area contributed by atoms with Crippen molar-refractivity contribution < 1.29 is 14.6 Å². The van der Waals surface area contributed by atoms with Gasteiger partial charge in [0.15, 0.2) is 0 Å². The van der Waals surface area contributed by atoms with Gasteiger partial charge in [-0.1, -0.05) is 0 Å². The average Bonchev–Trinajstić information content (AvgIpc) is 3.30. The molecule has 1 aromatic carbocycles. The van der Waals surface area contributed by atoms with Crippen molar-refractivity contribution in [1.29, 1.82) is 0 Å². The van der Waals surface area contributed by atoms with E-state index in [1.165, 1.54) is 0 Å². The molecule has 1 aliphatic carbocycles. The SMILES string of the molecule is CN(C)CC(O)COc1ccc(NC(=O)c2cccn2C2CC2)cc1. The Kier molecular flexibility index (Phi) is 5.40. The number of rotatable bonds is 8. The van der Waals surface area contributed by atoms with E-state index in [1.807, 2.05) is 41.9 Å². The molecule has 0 radical (unpaired) electrons. The van der Waals surface area contributed by atoms with Crippen molar-refractivity contribution in [2.75, 3.05) is 32.6 Å². The first-order chi connectivity index (χ1) is 12.0. The van der Waals surface area contributed by atoms with Gasteiger partial charge in [0.05, 0.1) is 0 Å². The highest BCUT2D eigenvalue weighted by Crippen LogP contribution is 2.36. The average molecular weight is 343 g/mol. The zero-order chi connectivity index (χ0) is 17.8. The van der Waals surface area contributed by atoms with Gasteiger partial charge in [0.1, 0.15) is 24.2 Å². The topological polar surface area (TPSA) is 66.7 Å². The molecule has 1 amide bonds. The summed E-state index contributed by atoms with van der Waals surface area (Å²) >= 11 is 0. The van der Waals surface area contributed by atoms with E-state index < -0.39 is 6.10 Å². The van der Waals surface area contributed by atoms with Crippen molar-refractivity contribution >= 4 is 11.6 Å². The third-order valence-electron chi connectivity index (χ3n) is 4.08. The fourth-order valence-corrected chi connectivity index (χ4v) is 2.75. The molecule has 1 atom stereocenters. The van der Waals surface area contributed by atoms with Gasteiger partial charge in [0.25, 0.3) is 5.91 Å². The minimum atomic E-state index is -0.537. The molecule has 1 aliphatic rings. The Morgan fingerprint density at radius 3 is 2.68 bits per heavy atom. The fraction of sp³-hybridized carbons (Fsp3) is 0.421. The second-order valence-corrected chi connectivity index (χ2v) is 6.74. The van der Waals surface area contributed by atoms with Crippen molar-refractivity contribution in [3.05, 3.63) is 48.3 Å². The van der Waals surface area contributed by atoms with E-state index in [0.717, 1.165) is 18.5 Å². The summed E-state index contributed by atoms with van der Waals surface area (Å²) in [4.78, 5) is 14.3. The zero-order valence-corrected chi connectivity index (χ0v) is 14.7. The summed E-state index contributed by atoms with van der Waals surface area (Å²) in [5.74, 6) is 0.559. The van der Waals surface area contributed by atoms with Gasteiger partial charge in [-0.2, -0.15) is 0 Å². The number of hydrogen-bond acceptors (Lipinski definition) is 4. The maximum atomic E-state index is 12.4. The Morgan fingerprint density at radius 2 is 2.04 bits per heavy atom. The summed E-state index contributed by atoms with van der Waals surface area (Å²) in [6.07, 6.45) is 3.70. The van der Waals surface area contributed by atoms with Crippen LogP contribution < -0.4 is 10.1 Å². The van der Waals surface area contributed by atoms with E-state index in [-0.39, 0.29) is 12.5 Å². The fourth-order valence-electron chi connectivity index (χ4n) is 2.75. The molecular formula is C19H25N3O3. The third kappa shape index (κ3) is 4.84. The molecule has 2 N–H and O–H groups in total. The second kappa shape index (κ2) is 7.72. The molecular weight excluding hydrogens is 318 g/mol. The lowest BCUT2D eigenvalue weighted by atomic mass is 10.3. The molecule has 0 bridgehead atoms. The Balaban J connectivity index is 1.53. The molecule has 0 aliphatic heterocycles. The summed E-state index contributed by atoms with van der Waals surface area (Å²) in [7, 11) is 3.81. The Morgan fingerprint density at radius 1 is 1.32 bits per heavy atom. The van der Waals surface area contributed by atoms with Gasteiger partial charge in [-0.3, -0.25) is 4.79 Å². The largest absolute Gasteiger partial charge is 0.491 e. The summed E-state index contributed by atoms with van der Waals surface area (Å²) in [6, 6.07) is 11.4. The molecule has 1 heterocycles. The maximum absolute atomic E-state index is 12.4. The van der Waals surface area contributed by atoms with Gasteiger partial charge in [0.2, 0.25) is 0 Å². The highest BCUT2D eigenvalue weighted by molar-refractivity contribution is 6.03. The van der Waals surface area contributed by atoms with Crippen LogP contribution in [0.1, 0.15) is 29.4 Å². The molecule has 1 saturated carbocycles. The van der Waals surface area contributed by atoms with E-state index in [9.17, 15) is 9.90 Å². The molecule has 1 unspecified atom stereocenters. The zero-order valence-electron chi connectivity index (χ0n) is 14.7. The predicted molar refractivity (Wildman–Crippen MR) is 97.2 cm³/mol. The number of carbonyl (C=O) groups excluding carboxylic acids is 1. The van der Waals surface area contributed by atoms with Gasteiger partial charge in [-0.15, -0.1) is 0 Å². The highest BCUT2D eigenvalue weighted by Gasteiger charge is 2.26. The molecule has 6 heteroatoms. The lowest BCUT2D eigenvalue weighted by molar-refractivity contribution is 0.0831. The van der Waals surface area contributed by atoms with Crippen LogP contribution in [0, 0.1) is 0 Å². The van der Waals surface area contributed by atoms with E-state index in [0.29, 0.717) is 24.0 Å². The minimum Gasteiger partial charge on any atom is -0.491 e. The third-order valence-corrected chi connectivity index (χ3v) is 4.08. The predicted octanol–water partition coefficient (Wildman–Crippen LogP) is 2.38. The number of hydrogen-bond donors (Lipinski definition) is 2. The number of amides is 1. The number of ether oxygens (including phenoxy) is 1. The van der Waals surface area contributed by atoms with E-state index in [2.05, 4.69) is 5.32 Å². The monoisotopic (exact) mass is 343 g/mol. The molecule has 0 saturated heterocycles. The number of nitrogens with one attached hydrogen (secondary N) is 1. The van der Waals surface area contributed by atoms with Gasteiger partial charge in [-0.25, -0.2) is 0 Å². The minimum absolute atomic E-state index is 0.105. The number of aliphatic hydroxyl groups is 1. The van der Waals surface area contributed by atoms with Crippen molar-refractivity contribution in [3.63, 3.8) is 0 Å². The number of nitrogens with zero attached hydrogens (tertiary/aromatic N) is 2. The van der Waals surface area contributed by atoms with Crippen LogP contribution in [-0.2, 0) is 0 Å². The molecule has 25 heavy (non-hydrogen) atoms. The number of aliphatic hydroxyl groups excluding tert-OH is 1. The number of anilines is 1. The second-order valence-electron chi connectivity index (χ2n) is 6.74. The van der Waals surface area contributed by atoms with Crippen molar-refractivity contribution in [3.8, 4) is 5.75 Å². The van der Waals surface area contributed by atoms with Gasteiger partial charge in [0, 0.05) is 24.5 Å². The van der Waals surface area contributed by atoms with Crippen LogP contribution in [0.25, 0.3) is 0 Å². The molecule has 0 spiro atoms. The van der Waals surface area contributed by atoms with E-state index in [1.54, 1.807) is 24.3 Å². The highest BCUT2D eigenvalue weighted by atomic mass is 16.5. The maximum Gasteiger partial charge on any atom is 0.272 e. The summed E-state index contributed by atoms with van der Waals surface area (Å²) in [5.41, 5.74) is 1.41. The normalized spacial score (nSPS) is 15.2. The summed E-state index contributed by atoms with van der Waals surface area (Å²) in [5, 5.41) is 12.7. The van der Waals surface area contributed by atoms with Crippen LogP contribution in [0.2, 0.25) is 0 Å². The van der Waals surface area contributed by atoms with Crippen LogP contribution in [0.3, 0.4) is 0 Å². The van der Waals surface area contributed by atoms with Crippen LogP contribution in [-0.4, -0.2) is 53.8 Å². The lowest BCUT2D eigenvalue weighted by Gasteiger charge is -2.16. The first-order valence-corrected chi connectivity index (χ1v) is 8.57. The standard InChI is InChI=1S/C19H25N3O3/c1-21(2)12-16(23)13-25-17-9-5-14(6-10-17)20-19(24)18-4-3-11-22(18)15-7-8-15/h3-6,9-11,15-16,23H,7-8,12-13H2,1-2H3,(H,20,24). The molecule has 1 fully saturated rings. The summed E-state index contributed by atoms with van der Waals surface area (Å²) in [6.45, 7) is 0.785. The Labute approximate surface area is 148 Å². The summed E-state index contributed by atoms with van der Waals surface area (Å²) < 4.78 is 7.61. The van der Waals surface area contributed by atoms with Crippen LogP contribution in [0.4, 0.5) is 5.69 Å². The van der Waals surface area contributed by atoms with E-state index in [4.69, 9.17) is 4.74 Å². The lowest BCUT2D eigenvalue weighted by Crippen LogP contribution is -2.30. The number of carbonyl (C=O) groups is 1. The molecule has 2 aromatic rings.